The van der Waals surface area contributed by atoms with Gasteiger partial charge in [0.25, 0.3) is 0 Å². The van der Waals surface area contributed by atoms with Gasteiger partial charge in [0, 0.05) is 17.1 Å². The molecule has 0 saturated carbocycles. The number of nitrogens with one attached hydrogen (secondary N) is 1. The van der Waals surface area contributed by atoms with E-state index in [1.54, 1.807) is 7.11 Å². The minimum absolute atomic E-state index is 0.434. The van der Waals surface area contributed by atoms with Crippen molar-refractivity contribution in [3.63, 3.8) is 0 Å². The van der Waals surface area contributed by atoms with Crippen molar-refractivity contribution in [3.8, 4) is 11.5 Å². The van der Waals surface area contributed by atoms with Gasteiger partial charge in [-0.1, -0.05) is 65.8 Å². The smallest absolute Gasteiger partial charge is 0.161 e. The Morgan fingerprint density at radius 3 is 2.29 bits per heavy atom. The SMILES string of the molecule is COc1cc(C(=S)NCc2ccc(C)cc2)ccc1OCc1ccc(Cl)cc1. The van der Waals surface area contributed by atoms with Crippen LogP contribution in [0.3, 0.4) is 0 Å². The third-order valence-electron chi connectivity index (χ3n) is 4.31. The number of aryl methyl sites for hydroxylation is 1. The van der Waals surface area contributed by atoms with Crippen LogP contribution in [0.4, 0.5) is 0 Å². The summed E-state index contributed by atoms with van der Waals surface area (Å²) in [6, 6.07) is 21.7. The van der Waals surface area contributed by atoms with E-state index in [-0.39, 0.29) is 0 Å². The van der Waals surface area contributed by atoms with Gasteiger partial charge in [-0.25, -0.2) is 0 Å². The molecule has 0 heterocycles. The summed E-state index contributed by atoms with van der Waals surface area (Å²) in [6.45, 7) is 3.18. The Bertz CT molecular complexity index is 940. The Kier molecular flexibility index (Phi) is 6.90. The van der Waals surface area contributed by atoms with Crippen molar-refractivity contribution in [3.05, 3.63) is 94.0 Å². The van der Waals surface area contributed by atoms with E-state index in [0.717, 1.165) is 11.1 Å². The van der Waals surface area contributed by atoms with E-state index in [2.05, 4.69) is 36.5 Å². The molecule has 0 fully saturated rings. The number of hydrogen-bond donors (Lipinski definition) is 1. The first-order valence-corrected chi connectivity index (χ1v) is 9.73. The van der Waals surface area contributed by atoms with Gasteiger partial charge < -0.3 is 14.8 Å². The lowest BCUT2D eigenvalue weighted by Crippen LogP contribution is -2.21. The summed E-state index contributed by atoms with van der Waals surface area (Å²) < 4.78 is 11.4. The van der Waals surface area contributed by atoms with Crippen LogP contribution >= 0.6 is 23.8 Å². The van der Waals surface area contributed by atoms with Crippen molar-refractivity contribution in [2.75, 3.05) is 7.11 Å². The first kappa shape index (κ1) is 20.2. The Labute approximate surface area is 176 Å². The number of rotatable bonds is 7. The molecule has 0 aliphatic rings. The normalized spacial score (nSPS) is 10.4. The highest BCUT2D eigenvalue weighted by atomic mass is 35.5. The third-order valence-corrected chi connectivity index (χ3v) is 4.94. The molecule has 0 aliphatic carbocycles. The molecular weight excluding hydrogens is 390 g/mol. The van der Waals surface area contributed by atoms with Crippen LogP contribution in [-0.4, -0.2) is 12.1 Å². The molecule has 0 bridgehead atoms. The molecule has 0 unspecified atom stereocenters. The van der Waals surface area contributed by atoms with Crippen molar-refractivity contribution in [1.29, 1.82) is 0 Å². The van der Waals surface area contributed by atoms with Crippen molar-refractivity contribution >= 4 is 28.8 Å². The summed E-state index contributed by atoms with van der Waals surface area (Å²) in [5.41, 5.74) is 4.34. The van der Waals surface area contributed by atoms with E-state index in [1.165, 1.54) is 11.1 Å². The summed E-state index contributed by atoms with van der Waals surface area (Å²) in [5.74, 6) is 1.31. The van der Waals surface area contributed by atoms with Crippen LogP contribution in [0.1, 0.15) is 22.3 Å². The predicted octanol–water partition coefficient (Wildman–Crippen LogP) is 5.70. The zero-order chi connectivity index (χ0) is 19.9. The van der Waals surface area contributed by atoms with E-state index in [4.69, 9.17) is 33.3 Å². The van der Waals surface area contributed by atoms with Crippen LogP contribution in [0.15, 0.2) is 66.7 Å². The number of thiocarbonyl (C=S) groups is 1. The summed E-state index contributed by atoms with van der Waals surface area (Å²) >= 11 is 11.4. The maximum absolute atomic E-state index is 5.92. The van der Waals surface area contributed by atoms with Gasteiger partial charge in [0.15, 0.2) is 11.5 Å². The van der Waals surface area contributed by atoms with Crippen molar-refractivity contribution < 1.29 is 9.47 Å². The zero-order valence-electron chi connectivity index (χ0n) is 15.9. The van der Waals surface area contributed by atoms with Crippen molar-refractivity contribution in [2.24, 2.45) is 0 Å². The van der Waals surface area contributed by atoms with Crippen molar-refractivity contribution in [2.45, 2.75) is 20.1 Å². The highest BCUT2D eigenvalue weighted by molar-refractivity contribution is 7.80. The van der Waals surface area contributed by atoms with Crippen molar-refractivity contribution in [1.82, 2.24) is 5.32 Å². The number of hydrogen-bond acceptors (Lipinski definition) is 3. The molecule has 1 N–H and O–H groups in total. The average molecular weight is 412 g/mol. The topological polar surface area (TPSA) is 30.5 Å². The number of methoxy groups -OCH3 is 1. The molecule has 0 spiro atoms. The molecule has 144 valence electrons. The minimum atomic E-state index is 0.434. The van der Waals surface area contributed by atoms with E-state index in [1.807, 2.05) is 42.5 Å². The molecule has 3 aromatic rings. The van der Waals surface area contributed by atoms with Gasteiger partial charge in [0.05, 0.1) is 7.11 Å². The Hall–Kier alpha value is -2.56. The maximum Gasteiger partial charge on any atom is 0.161 e. The molecule has 3 nitrogen and oxygen atoms in total. The van der Waals surface area contributed by atoms with Crippen LogP contribution in [0, 0.1) is 6.92 Å². The molecule has 0 aromatic heterocycles. The second-order valence-electron chi connectivity index (χ2n) is 6.45. The molecule has 0 saturated heterocycles. The summed E-state index contributed by atoms with van der Waals surface area (Å²) in [6.07, 6.45) is 0. The standard InChI is InChI=1S/C23H22ClNO2S/c1-16-3-5-17(6-4-16)14-25-23(28)19-9-12-21(22(13-19)26-2)27-15-18-7-10-20(24)11-8-18/h3-13H,14-15H2,1-2H3,(H,25,28). The fourth-order valence-corrected chi connectivity index (χ4v) is 2.99. The van der Waals surface area contributed by atoms with Gasteiger partial charge in [-0.3, -0.25) is 0 Å². The Morgan fingerprint density at radius 1 is 0.929 bits per heavy atom. The highest BCUT2D eigenvalue weighted by Gasteiger charge is 2.09. The van der Waals surface area contributed by atoms with Crippen LogP contribution in [0.2, 0.25) is 5.02 Å². The van der Waals surface area contributed by atoms with Gasteiger partial charge in [-0.05, 0) is 48.4 Å². The van der Waals surface area contributed by atoms with E-state index >= 15 is 0 Å². The molecule has 3 rings (SSSR count). The Balaban J connectivity index is 1.63. The molecular formula is C23H22ClNO2S. The second-order valence-corrected chi connectivity index (χ2v) is 7.29. The van der Waals surface area contributed by atoms with Crippen LogP contribution in [0.5, 0.6) is 11.5 Å². The lowest BCUT2D eigenvalue weighted by molar-refractivity contribution is 0.284. The third kappa shape index (κ3) is 5.47. The fraction of sp³-hybridized carbons (Fsp3) is 0.174. The van der Waals surface area contributed by atoms with Crippen LogP contribution in [-0.2, 0) is 13.2 Å². The number of benzene rings is 3. The van der Waals surface area contributed by atoms with E-state index in [0.29, 0.717) is 34.7 Å². The van der Waals surface area contributed by atoms with E-state index < -0.39 is 0 Å². The predicted molar refractivity (Wildman–Crippen MR) is 118 cm³/mol. The molecule has 28 heavy (non-hydrogen) atoms. The maximum atomic E-state index is 5.92. The average Bonchev–Trinajstić information content (AvgIpc) is 2.72. The lowest BCUT2D eigenvalue weighted by Gasteiger charge is -2.14. The highest BCUT2D eigenvalue weighted by Crippen LogP contribution is 2.29. The number of halogens is 1. The largest absolute Gasteiger partial charge is 0.493 e. The molecule has 0 amide bonds. The fourth-order valence-electron chi connectivity index (χ4n) is 2.66. The van der Waals surface area contributed by atoms with Crippen LogP contribution < -0.4 is 14.8 Å². The second kappa shape index (κ2) is 9.58. The van der Waals surface area contributed by atoms with Gasteiger partial charge in [-0.2, -0.15) is 0 Å². The Morgan fingerprint density at radius 2 is 1.61 bits per heavy atom. The summed E-state index contributed by atoms with van der Waals surface area (Å²) in [7, 11) is 1.62. The first-order valence-electron chi connectivity index (χ1n) is 8.94. The van der Waals surface area contributed by atoms with Gasteiger partial charge in [-0.15, -0.1) is 0 Å². The molecule has 0 radical (unpaired) electrons. The van der Waals surface area contributed by atoms with Gasteiger partial charge >= 0.3 is 0 Å². The zero-order valence-corrected chi connectivity index (χ0v) is 17.4. The summed E-state index contributed by atoms with van der Waals surface area (Å²) in [5, 5.41) is 4.00. The van der Waals surface area contributed by atoms with Gasteiger partial charge in [0.2, 0.25) is 0 Å². The van der Waals surface area contributed by atoms with E-state index in [9.17, 15) is 0 Å². The number of ether oxygens (including phenoxy) is 2. The van der Waals surface area contributed by atoms with Gasteiger partial charge in [0.1, 0.15) is 11.6 Å². The molecule has 0 aliphatic heterocycles. The molecule has 5 heteroatoms. The monoisotopic (exact) mass is 411 g/mol. The lowest BCUT2D eigenvalue weighted by atomic mass is 10.1. The quantitative estimate of drug-likeness (QED) is 0.505. The minimum Gasteiger partial charge on any atom is -0.493 e. The molecule has 0 atom stereocenters. The molecule has 3 aromatic carbocycles. The first-order chi connectivity index (χ1) is 13.5. The summed E-state index contributed by atoms with van der Waals surface area (Å²) in [4.78, 5) is 0.670. The van der Waals surface area contributed by atoms with Crippen LogP contribution in [0.25, 0.3) is 0 Å².